The number of anilines is 1. The summed E-state index contributed by atoms with van der Waals surface area (Å²) in [4.78, 5) is 22.8. The van der Waals surface area contributed by atoms with Crippen LogP contribution in [0.3, 0.4) is 0 Å². The Hall–Kier alpha value is -2.09. The van der Waals surface area contributed by atoms with Gasteiger partial charge in [0, 0.05) is 12.8 Å². The number of hydrogen-bond acceptors (Lipinski definition) is 5. The lowest BCUT2D eigenvalue weighted by atomic mass is 10.1. The Bertz CT molecular complexity index is 791. The normalized spacial score (nSPS) is 11.5. The molecule has 0 aromatic heterocycles. The molecular weight excluding hydrogens is 430 g/mol. The Morgan fingerprint density at radius 1 is 0.938 bits per heavy atom. The summed E-state index contributed by atoms with van der Waals surface area (Å²) in [6, 6.07) is 7.14. The van der Waals surface area contributed by atoms with Crippen molar-refractivity contribution >= 4 is 27.4 Å². The SMILES string of the molecule is CC(C)CS(=O)(=O)CCCCCCCCCC(=O)Nc1ccccc1OCCCC(=O)O. The van der Waals surface area contributed by atoms with Crippen LogP contribution in [0, 0.1) is 5.92 Å². The van der Waals surface area contributed by atoms with Crippen LogP contribution in [0.1, 0.15) is 78.1 Å². The zero-order valence-electron chi connectivity index (χ0n) is 19.5. The van der Waals surface area contributed by atoms with Crippen LogP contribution in [0.2, 0.25) is 0 Å². The van der Waals surface area contributed by atoms with Crippen molar-refractivity contribution in [1.29, 1.82) is 0 Å². The van der Waals surface area contributed by atoms with E-state index in [1.165, 1.54) is 0 Å². The molecule has 0 saturated carbocycles. The molecule has 0 aliphatic heterocycles. The summed E-state index contributed by atoms with van der Waals surface area (Å²) in [7, 11) is -2.91. The molecule has 0 bridgehead atoms. The molecule has 0 heterocycles. The van der Waals surface area contributed by atoms with E-state index >= 15 is 0 Å². The smallest absolute Gasteiger partial charge is 0.303 e. The monoisotopic (exact) mass is 469 g/mol. The predicted octanol–water partition coefficient (Wildman–Crippen LogP) is 5.06. The van der Waals surface area contributed by atoms with Gasteiger partial charge in [-0.25, -0.2) is 8.42 Å². The molecule has 1 aromatic rings. The van der Waals surface area contributed by atoms with E-state index in [0.29, 0.717) is 24.3 Å². The van der Waals surface area contributed by atoms with Gasteiger partial charge in [-0.05, 0) is 37.3 Å². The zero-order valence-corrected chi connectivity index (χ0v) is 20.3. The number of carbonyl (C=O) groups excluding carboxylic acids is 1. The lowest BCUT2D eigenvalue weighted by Crippen LogP contribution is -2.15. The van der Waals surface area contributed by atoms with Gasteiger partial charge < -0.3 is 15.2 Å². The summed E-state index contributed by atoms with van der Waals surface area (Å²) in [6.45, 7) is 4.13. The van der Waals surface area contributed by atoms with Crippen molar-refractivity contribution in [3.8, 4) is 5.75 Å². The highest BCUT2D eigenvalue weighted by atomic mass is 32.2. The van der Waals surface area contributed by atoms with Crippen LogP contribution in [0.15, 0.2) is 24.3 Å². The van der Waals surface area contributed by atoms with Crippen molar-refractivity contribution in [2.24, 2.45) is 5.92 Å². The quantitative estimate of drug-likeness (QED) is 0.291. The summed E-state index contributed by atoms with van der Waals surface area (Å²) in [5.74, 6) is 0.363. The third kappa shape index (κ3) is 14.1. The molecule has 0 saturated heterocycles. The van der Waals surface area contributed by atoms with Gasteiger partial charge in [0.25, 0.3) is 0 Å². The van der Waals surface area contributed by atoms with Crippen molar-refractivity contribution in [2.75, 3.05) is 23.4 Å². The zero-order chi connectivity index (χ0) is 23.8. The fourth-order valence-corrected chi connectivity index (χ4v) is 5.22. The van der Waals surface area contributed by atoms with Crippen LogP contribution in [0.4, 0.5) is 5.69 Å². The van der Waals surface area contributed by atoms with Gasteiger partial charge in [-0.1, -0.05) is 58.1 Å². The van der Waals surface area contributed by atoms with E-state index in [4.69, 9.17) is 9.84 Å². The Balaban J connectivity index is 2.15. The molecule has 8 heteroatoms. The lowest BCUT2D eigenvalue weighted by molar-refractivity contribution is -0.137. The van der Waals surface area contributed by atoms with Crippen molar-refractivity contribution in [3.63, 3.8) is 0 Å². The first-order chi connectivity index (χ1) is 15.2. The van der Waals surface area contributed by atoms with Gasteiger partial charge in [0.05, 0.1) is 23.8 Å². The highest BCUT2D eigenvalue weighted by Gasteiger charge is 2.12. The maximum atomic E-state index is 12.2. The van der Waals surface area contributed by atoms with Crippen molar-refractivity contribution in [2.45, 2.75) is 78.1 Å². The number of para-hydroxylation sites is 2. The third-order valence-electron chi connectivity index (χ3n) is 4.90. The number of hydrogen-bond donors (Lipinski definition) is 2. The van der Waals surface area contributed by atoms with E-state index in [1.54, 1.807) is 12.1 Å². The number of nitrogens with one attached hydrogen (secondary N) is 1. The summed E-state index contributed by atoms with van der Waals surface area (Å²) < 4.78 is 29.3. The van der Waals surface area contributed by atoms with Crippen LogP contribution in [0.5, 0.6) is 5.75 Å². The minimum atomic E-state index is -2.91. The Morgan fingerprint density at radius 3 is 2.22 bits per heavy atom. The van der Waals surface area contributed by atoms with Crippen LogP contribution >= 0.6 is 0 Å². The number of carbonyl (C=O) groups is 2. The van der Waals surface area contributed by atoms with Gasteiger partial charge in [-0.15, -0.1) is 0 Å². The average molecular weight is 470 g/mol. The van der Waals surface area contributed by atoms with Crippen molar-refractivity contribution < 1.29 is 27.9 Å². The van der Waals surface area contributed by atoms with Gasteiger partial charge in [-0.3, -0.25) is 9.59 Å². The Morgan fingerprint density at radius 2 is 1.56 bits per heavy atom. The summed E-state index contributed by atoms with van der Waals surface area (Å²) in [6.07, 6.45) is 7.43. The molecule has 0 radical (unpaired) electrons. The molecule has 0 atom stereocenters. The summed E-state index contributed by atoms with van der Waals surface area (Å²) >= 11 is 0. The minimum absolute atomic E-state index is 0.0474. The van der Waals surface area contributed by atoms with Crippen LogP contribution < -0.4 is 10.1 Å². The second-order valence-electron chi connectivity index (χ2n) is 8.62. The molecule has 1 amide bonds. The maximum absolute atomic E-state index is 12.2. The molecule has 0 spiro atoms. The second kappa shape index (κ2) is 15.7. The maximum Gasteiger partial charge on any atom is 0.303 e. The topological polar surface area (TPSA) is 110 Å². The molecule has 7 nitrogen and oxygen atoms in total. The van der Waals surface area contributed by atoms with Gasteiger partial charge in [-0.2, -0.15) is 0 Å². The molecule has 0 aliphatic rings. The number of carboxylic acids is 1. The number of sulfone groups is 1. The number of carboxylic acid groups (broad SMARTS) is 1. The van der Waals surface area contributed by atoms with E-state index in [2.05, 4.69) is 5.32 Å². The first-order valence-electron chi connectivity index (χ1n) is 11.6. The highest BCUT2D eigenvalue weighted by molar-refractivity contribution is 7.91. The predicted molar refractivity (Wildman–Crippen MR) is 128 cm³/mol. The van der Waals surface area contributed by atoms with Crippen molar-refractivity contribution in [3.05, 3.63) is 24.3 Å². The molecule has 1 aromatic carbocycles. The van der Waals surface area contributed by atoms with E-state index in [0.717, 1.165) is 44.9 Å². The first kappa shape index (κ1) is 27.9. The molecule has 1 rings (SSSR count). The number of amides is 1. The highest BCUT2D eigenvalue weighted by Crippen LogP contribution is 2.24. The molecule has 182 valence electrons. The number of aliphatic carboxylic acids is 1. The average Bonchev–Trinajstić information content (AvgIpc) is 2.70. The molecule has 0 aliphatic carbocycles. The fourth-order valence-electron chi connectivity index (χ4n) is 3.40. The first-order valence-corrected chi connectivity index (χ1v) is 13.5. The Kier molecular flexibility index (Phi) is 13.7. The fraction of sp³-hybridized carbons (Fsp3) is 0.667. The van der Waals surface area contributed by atoms with Gasteiger partial charge in [0.1, 0.15) is 5.75 Å². The lowest BCUT2D eigenvalue weighted by Gasteiger charge is -2.12. The second-order valence-corrected chi connectivity index (χ2v) is 10.9. The number of unbranched alkanes of at least 4 members (excludes halogenated alkanes) is 6. The van der Waals surface area contributed by atoms with Crippen molar-refractivity contribution in [1.82, 2.24) is 0 Å². The molecular formula is C24H39NO6S. The molecule has 0 unspecified atom stereocenters. The van der Waals surface area contributed by atoms with E-state index in [1.807, 2.05) is 26.0 Å². The minimum Gasteiger partial charge on any atom is -0.491 e. The van der Waals surface area contributed by atoms with E-state index < -0.39 is 15.8 Å². The molecule has 2 N–H and O–H groups in total. The number of rotatable bonds is 18. The van der Waals surface area contributed by atoms with Gasteiger partial charge >= 0.3 is 5.97 Å². The Labute approximate surface area is 192 Å². The third-order valence-corrected chi connectivity index (χ3v) is 6.99. The van der Waals surface area contributed by atoms with Gasteiger partial charge in [0.2, 0.25) is 5.91 Å². The van der Waals surface area contributed by atoms with E-state index in [-0.39, 0.29) is 36.4 Å². The summed E-state index contributed by atoms with van der Waals surface area (Å²) in [5, 5.41) is 11.5. The number of benzene rings is 1. The molecule has 32 heavy (non-hydrogen) atoms. The van der Waals surface area contributed by atoms with Crippen LogP contribution in [0.25, 0.3) is 0 Å². The van der Waals surface area contributed by atoms with Gasteiger partial charge in [0.15, 0.2) is 9.84 Å². The number of ether oxygens (including phenoxy) is 1. The van der Waals surface area contributed by atoms with E-state index in [9.17, 15) is 18.0 Å². The van der Waals surface area contributed by atoms with Crippen LogP contribution in [-0.2, 0) is 19.4 Å². The standard InChI is InChI=1S/C24H39NO6S/c1-20(2)19-32(29,30)18-11-7-5-3-4-6-8-15-23(26)25-21-13-9-10-14-22(21)31-17-12-16-24(27)28/h9-10,13-14,20H,3-8,11-12,15-19H2,1-2H3,(H,25,26)(H,27,28). The summed E-state index contributed by atoms with van der Waals surface area (Å²) in [5.41, 5.74) is 0.597. The van der Waals surface area contributed by atoms with Crippen LogP contribution in [-0.4, -0.2) is 43.5 Å². The largest absolute Gasteiger partial charge is 0.491 e. The molecule has 0 fully saturated rings.